The van der Waals surface area contributed by atoms with Crippen molar-refractivity contribution in [1.29, 1.82) is 0 Å². The van der Waals surface area contributed by atoms with Crippen molar-refractivity contribution in [1.82, 2.24) is 0 Å². The van der Waals surface area contributed by atoms with Gasteiger partial charge in [0.05, 0.1) is 19.8 Å². The van der Waals surface area contributed by atoms with Crippen LogP contribution in [0.15, 0.2) is 24.3 Å². The highest BCUT2D eigenvalue weighted by Gasteiger charge is 2.27. The summed E-state index contributed by atoms with van der Waals surface area (Å²) in [5.74, 6) is -0.131. The molecule has 0 saturated heterocycles. The van der Waals surface area contributed by atoms with Crippen molar-refractivity contribution in [3.8, 4) is 0 Å². The highest BCUT2D eigenvalue weighted by Crippen LogP contribution is 2.43. The molecule has 0 aliphatic heterocycles. The number of aliphatic hydroxyl groups excluding tert-OH is 2. The van der Waals surface area contributed by atoms with E-state index in [4.69, 9.17) is 19.1 Å². The Balaban J connectivity index is 4.42. The number of allylic oxidation sites excluding steroid dienone is 4. The number of ketones is 1. The maximum Gasteiger partial charge on any atom is 0.472 e. The van der Waals surface area contributed by atoms with Crippen LogP contribution in [0.2, 0.25) is 0 Å². The van der Waals surface area contributed by atoms with E-state index in [-0.39, 0.29) is 25.2 Å². The lowest BCUT2D eigenvalue weighted by Gasteiger charge is -2.20. The van der Waals surface area contributed by atoms with E-state index in [1.807, 2.05) is 6.08 Å². The Bertz CT molecular complexity index is 998. The maximum atomic E-state index is 12.6. The molecule has 0 bridgehead atoms. The molecule has 304 valence electrons. The lowest BCUT2D eigenvalue weighted by atomic mass is 10.0. The highest BCUT2D eigenvalue weighted by molar-refractivity contribution is 7.47. The van der Waals surface area contributed by atoms with Crippen LogP contribution in [0, 0.1) is 5.92 Å². The summed E-state index contributed by atoms with van der Waals surface area (Å²) in [4.78, 5) is 46.9. The first kappa shape index (κ1) is 50.1. The number of phosphoric acid groups is 1. The first-order chi connectivity index (χ1) is 25.0. The zero-order valence-corrected chi connectivity index (χ0v) is 33.6. The molecule has 52 heavy (non-hydrogen) atoms. The van der Waals surface area contributed by atoms with E-state index in [1.54, 1.807) is 12.2 Å². The first-order valence-electron chi connectivity index (χ1n) is 20.1. The molecule has 0 aliphatic rings. The molecule has 12 heteroatoms. The molecule has 0 aromatic rings. The van der Waals surface area contributed by atoms with Crippen LogP contribution in [0.5, 0.6) is 0 Å². The summed E-state index contributed by atoms with van der Waals surface area (Å²) < 4.78 is 32.5. The van der Waals surface area contributed by atoms with Crippen molar-refractivity contribution < 1.29 is 52.6 Å². The van der Waals surface area contributed by atoms with Crippen LogP contribution in [0.1, 0.15) is 168 Å². The number of carbonyl (C=O) groups is 3. The number of rotatable bonds is 37. The van der Waals surface area contributed by atoms with E-state index in [1.165, 1.54) is 64.2 Å². The van der Waals surface area contributed by atoms with E-state index in [2.05, 4.69) is 31.4 Å². The molecule has 0 aromatic carbocycles. The molecule has 0 aromatic heterocycles. The van der Waals surface area contributed by atoms with Gasteiger partial charge in [0.15, 0.2) is 11.9 Å². The van der Waals surface area contributed by atoms with E-state index < -0.39 is 51.8 Å². The van der Waals surface area contributed by atoms with Crippen LogP contribution in [-0.2, 0) is 37.5 Å². The number of ether oxygens (including phenoxy) is 2. The fourth-order valence-corrected chi connectivity index (χ4v) is 6.12. The molecule has 0 heterocycles. The molecule has 3 N–H and O–H groups in total. The summed E-state index contributed by atoms with van der Waals surface area (Å²) in [5, 5.41) is 18.3. The molecule has 3 atom stereocenters. The molecule has 0 amide bonds. The van der Waals surface area contributed by atoms with Gasteiger partial charge in [-0.05, 0) is 44.1 Å². The fourth-order valence-electron chi connectivity index (χ4n) is 5.33. The van der Waals surface area contributed by atoms with Gasteiger partial charge in [-0.1, -0.05) is 135 Å². The minimum Gasteiger partial charge on any atom is -0.462 e. The van der Waals surface area contributed by atoms with Gasteiger partial charge < -0.3 is 24.6 Å². The monoisotopic (exact) mass is 760 g/mol. The smallest absolute Gasteiger partial charge is 0.462 e. The number of hydrogen-bond acceptors (Lipinski definition) is 10. The second kappa shape index (κ2) is 34.9. The molecule has 0 aliphatic carbocycles. The van der Waals surface area contributed by atoms with Crippen molar-refractivity contribution in [3.63, 3.8) is 0 Å². The number of unbranched alkanes of at least 4 members (excludes halogenated alkanes) is 16. The zero-order valence-electron chi connectivity index (χ0n) is 32.7. The fraction of sp³-hybridized carbons (Fsp3) is 0.825. The van der Waals surface area contributed by atoms with E-state index in [9.17, 15) is 28.9 Å². The van der Waals surface area contributed by atoms with Gasteiger partial charge in [-0.25, -0.2) is 4.57 Å². The molecule has 0 radical (unpaired) electrons. The van der Waals surface area contributed by atoms with E-state index >= 15 is 0 Å². The average molecular weight is 761 g/mol. The topological polar surface area (TPSA) is 166 Å². The molecule has 0 fully saturated rings. The van der Waals surface area contributed by atoms with Crippen LogP contribution in [0.3, 0.4) is 0 Å². The first-order valence-corrected chi connectivity index (χ1v) is 21.6. The van der Waals surface area contributed by atoms with Crippen molar-refractivity contribution >= 4 is 25.5 Å². The average Bonchev–Trinajstić information content (AvgIpc) is 3.11. The lowest BCUT2D eigenvalue weighted by Crippen LogP contribution is -2.29. The predicted molar refractivity (Wildman–Crippen MR) is 206 cm³/mol. The van der Waals surface area contributed by atoms with Gasteiger partial charge in [-0.15, -0.1) is 0 Å². The number of hydrogen-bond donors (Lipinski definition) is 3. The van der Waals surface area contributed by atoms with Crippen LogP contribution < -0.4 is 0 Å². The number of esters is 2. The normalized spacial score (nSPS) is 14.2. The third-order valence-electron chi connectivity index (χ3n) is 8.51. The summed E-state index contributed by atoms with van der Waals surface area (Å²) in [6.45, 7) is 4.48. The van der Waals surface area contributed by atoms with Gasteiger partial charge in [0.1, 0.15) is 12.7 Å². The minimum absolute atomic E-state index is 0.108. The minimum atomic E-state index is -4.64. The van der Waals surface area contributed by atoms with Gasteiger partial charge in [-0.3, -0.25) is 23.4 Å². The number of aliphatic hydroxyl groups is 2. The van der Waals surface area contributed by atoms with E-state index in [0.717, 1.165) is 57.3 Å². The second-order valence-electron chi connectivity index (χ2n) is 14.2. The third kappa shape index (κ3) is 35.2. The van der Waals surface area contributed by atoms with Gasteiger partial charge in [0.2, 0.25) is 0 Å². The molecule has 11 nitrogen and oxygen atoms in total. The van der Waals surface area contributed by atoms with Crippen LogP contribution in [0.25, 0.3) is 0 Å². The van der Waals surface area contributed by atoms with Gasteiger partial charge in [0, 0.05) is 19.3 Å². The van der Waals surface area contributed by atoms with Gasteiger partial charge in [0.25, 0.3) is 0 Å². The number of carbonyl (C=O) groups excluding carboxylic acids is 3. The van der Waals surface area contributed by atoms with Crippen molar-refractivity contribution in [2.75, 3.05) is 26.4 Å². The summed E-state index contributed by atoms with van der Waals surface area (Å²) >= 11 is 0. The molecule has 0 rings (SSSR count). The summed E-state index contributed by atoms with van der Waals surface area (Å²) in [7, 11) is -4.64. The third-order valence-corrected chi connectivity index (χ3v) is 9.46. The quantitative estimate of drug-likeness (QED) is 0.0182. The predicted octanol–water partition coefficient (Wildman–Crippen LogP) is 9.26. The Morgan fingerprint density at radius 3 is 1.79 bits per heavy atom. The summed E-state index contributed by atoms with van der Waals surface area (Å²) in [6.07, 6.45) is 26.9. The molecule has 0 saturated carbocycles. The molecule has 0 spiro atoms. The van der Waals surface area contributed by atoms with Gasteiger partial charge in [-0.2, -0.15) is 0 Å². The SMILES string of the molecule is CCCCC/C=C\C=C\C(=O)CCCCCCCC(=O)OC[C@H](COP(=O)(O)OC[C@@H](O)CO)OC(=O)CCCCCCCCCCCCC(C)C. The lowest BCUT2D eigenvalue weighted by molar-refractivity contribution is -0.161. The maximum absolute atomic E-state index is 12.6. The summed E-state index contributed by atoms with van der Waals surface area (Å²) in [6, 6.07) is 0. The van der Waals surface area contributed by atoms with Crippen LogP contribution in [-0.4, -0.2) is 71.5 Å². The largest absolute Gasteiger partial charge is 0.472 e. The second-order valence-corrected chi connectivity index (χ2v) is 15.6. The van der Waals surface area contributed by atoms with Crippen molar-refractivity contribution in [3.05, 3.63) is 24.3 Å². The molecular weight excluding hydrogens is 687 g/mol. The Morgan fingerprint density at radius 2 is 1.21 bits per heavy atom. The van der Waals surface area contributed by atoms with Crippen LogP contribution in [0.4, 0.5) is 0 Å². The zero-order chi connectivity index (χ0) is 38.7. The molecular formula is C40H73O11P. The standard InChI is InChI=1S/C40H73O11P/c1-4-5-6-7-12-17-22-27-36(42)28-23-18-15-20-24-29-39(44)48-33-38(34-50-52(46,47)49-32-37(43)31-41)51-40(45)30-25-19-14-11-9-8-10-13-16-21-26-35(2)3/h12,17,22,27,35,37-38,41,43H,4-11,13-16,18-21,23-26,28-34H2,1-3H3,(H,46,47)/b17-12-,27-22+/t37-,38+/m0/s1. The van der Waals surface area contributed by atoms with Crippen molar-refractivity contribution in [2.45, 2.75) is 181 Å². The Morgan fingerprint density at radius 1 is 0.673 bits per heavy atom. The van der Waals surface area contributed by atoms with E-state index in [0.29, 0.717) is 19.3 Å². The summed E-state index contributed by atoms with van der Waals surface area (Å²) in [5.41, 5.74) is 0. The van der Waals surface area contributed by atoms with Crippen molar-refractivity contribution in [2.24, 2.45) is 5.92 Å². The van der Waals surface area contributed by atoms with Crippen LogP contribution >= 0.6 is 7.82 Å². The van der Waals surface area contributed by atoms with Gasteiger partial charge >= 0.3 is 19.8 Å². The Labute approximate surface area is 314 Å². The Hall–Kier alpha value is -1.88. The highest BCUT2D eigenvalue weighted by atomic mass is 31.2. The molecule has 1 unspecified atom stereocenters. The Kier molecular flexibility index (Phi) is 33.6. The number of phosphoric ester groups is 1.